The number of pyridine rings is 1. The Kier molecular flexibility index (Phi) is 4.53. The maximum atomic E-state index is 12.9. The number of halogens is 2. The fourth-order valence-corrected chi connectivity index (χ4v) is 1.93. The Morgan fingerprint density at radius 1 is 1.35 bits per heavy atom. The van der Waals surface area contributed by atoms with Crippen molar-refractivity contribution in [3.8, 4) is 5.75 Å². The molecule has 1 aromatic carbocycles. The van der Waals surface area contributed by atoms with E-state index in [1.165, 1.54) is 25.3 Å². The number of carbonyl (C=O) groups excluding carboxylic acids is 1. The number of hydrogen-bond acceptors (Lipinski definition) is 3. The SMILES string of the molecule is COc1cccc(Cl)c1CNC(=O)c1cccc(F)n1. The van der Waals surface area contributed by atoms with Gasteiger partial charge in [-0.1, -0.05) is 23.7 Å². The Labute approximate surface area is 120 Å². The van der Waals surface area contributed by atoms with Gasteiger partial charge in [0.2, 0.25) is 5.95 Å². The number of hydrogen-bond donors (Lipinski definition) is 1. The lowest BCUT2D eigenvalue weighted by Gasteiger charge is -2.11. The summed E-state index contributed by atoms with van der Waals surface area (Å²) in [6, 6.07) is 9.23. The fraction of sp³-hybridized carbons (Fsp3) is 0.143. The first-order valence-electron chi connectivity index (χ1n) is 5.84. The molecular weight excluding hydrogens is 283 g/mol. The van der Waals surface area contributed by atoms with E-state index in [0.29, 0.717) is 16.3 Å². The number of rotatable bonds is 4. The molecule has 0 fully saturated rings. The van der Waals surface area contributed by atoms with Crippen molar-refractivity contribution in [1.29, 1.82) is 0 Å². The average molecular weight is 295 g/mol. The Balaban J connectivity index is 2.11. The largest absolute Gasteiger partial charge is 0.496 e. The molecule has 104 valence electrons. The summed E-state index contributed by atoms with van der Waals surface area (Å²) in [6.07, 6.45) is 0. The maximum Gasteiger partial charge on any atom is 0.270 e. The van der Waals surface area contributed by atoms with Gasteiger partial charge in [0, 0.05) is 17.1 Å². The summed E-state index contributed by atoms with van der Waals surface area (Å²) in [5.74, 6) is -0.607. The Morgan fingerprint density at radius 2 is 2.10 bits per heavy atom. The van der Waals surface area contributed by atoms with Gasteiger partial charge in [-0.05, 0) is 24.3 Å². The van der Waals surface area contributed by atoms with Crippen molar-refractivity contribution in [1.82, 2.24) is 10.3 Å². The van der Waals surface area contributed by atoms with Crippen LogP contribution < -0.4 is 10.1 Å². The normalized spacial score (nSPS) is 10.2. The van der Waals surface area contributed by atoms with Crippen molar-refractivity contribution >= 4 is 17.5 Å². The highest BCUT2D eigenvalue weighted by Gasteiger charge is 2.11. The summed E-state index contributed by atoms with van der Waals surface area (Å²) in [6.45, 7) is 0.167. The minimum Gasteiger partial charge on any atom is -0.496 e. The van der Waals surface area contributed by atoms with E-state index in [0.717, 1.165) is 0 Å². The minimum absolute atomic E-state index is 0.0102. The summed E-state index contributed by atoms with van der Waals surface area (Å²) >= 11 is 6.06. The van der Waals surface area contributed by atoms with Crippen LogP contribution in [0.25, 0.3) is 0 Å². The first-order valence-corrected chi connectivity index (χ1v) is 6.21. The topological polar surface area (TPSA) is 51.2 Å². The lowest BCUT2D eigenvalue weighted by atomic mass is 10.2. The fourth-order valence-electron chi connectivity index (χ4n) is 1.70. The second-order valence-corrected chi connectivity index (χ2v) is 4.36. The van der Waals surface area contributed by atoms with E-state index in [2.05, 4.69) is 10.3 Å². The molecule has 0 atom stereocenters. The van der Waals surface area contributed by atoms with Crippen molar-refractivity contribution in [2.45, 2.75) is 6.54 Å². The first kappa shape index (κ1) is 14.3. The zero-order valence-electron chi connectivity index (χ0n) is 10.7. The lowest BCUT2D eigenvalue weighted by molar-refractivity contribution is 0.0944. The number of carbonyl (C=O) groups is 1. The van der Waals surface area contributed by atoms with Gasteiger partial charge < -0.3 is 10.1 Å². The van der Waals surface area contributed by atoms with Gasteiger partial charge in [0.15, 0.2) is 0 Å². The third kappa shape index (κ3) is 3.24. The molecule has 0 bridgehead atoms. The van der Waals surface area contributed by atoms with E-state index in [1.54, 1.807) is 18.2 Å². The second kappa shape index (κ2) is 6.34. The molecule has 2 aromatic rings. The number of nitrogens with zero attached hydrogens (tertiary/aromatic N) is 1. The molecule has 1 amide bonds. The number of ether oxygens (including phenoxy) is 1. The molecule has 0 aliphatic rings. The molecular formula is C14H12ClFN2O2. The van der Waals surface area contributed by atoms with E-state index in [9.17, 15) is 9.18 Å². The summed E-state index contributed by atoms with van der Waals surface area (Å²) in [7, 11) is 1.52. The highest BCUT2D eigenvalue weighted by Crippen LogP contribution is 2.25. The summed E-state index contributed by atoms with van der Waals surface area (Å²) in [5, 5.41) is 3.11. The monoisotopic (exact) mass is 294 g/mol. The Morgan fingerprint density at radius 3 is 2.80 bits per heavy atom. The van der Waals surface area contributed by atoms with Crippen molar-refractivity contribution < 1.29 is 13.9 Å². The number of nitrogens with one attached hydrogen (secondary N) is 1. The van der Waals surface area contributed by atoms with Crippen LogP contribution in [-0.2, 0) is 6.54 Å². The van der Waals surface area contributed by atoms with Crippen LogP contribution >= 0.6 is 11.6 Å². The molecule has 6 heteroatoms. The van der Waals surface area contributed by atoms with Gasteiger partial charge in [-0.2, -0.15) is 4.39 Å². The summed E-state index contributed by atoms with van der Waals surface area (Å²) in [4.78, 5) is 15.4. The minimum atomic E-state index is -0.701. The van der Waals surface area contributed by atoms with Crippen molar-refractivity contribution in [3.63, 3.8) is 0 Å². The van der Waals surface area contributed by atoms with Gasteiger partial charge in [-0.25, -0.2) is 4.98 Å². The third-order valence-corrected chi connectivity index (χ3v) is 3.02. The van der Waals surface area contributed by atoms with Gasteiger partial charge in [0.1, 0.15) is 11.4 Å². The van der Waals surface area contributed by atoms with Crippen molar-refractivity contribution in [3.05, 3.63) is 58.6 Å². The zero-order valence-corrected chi connectivity index (χ0v) is 11.4. The molecule has 2 rings (SSSR count). The second-order valence-electron chi connectivity index (χ2n) is 3.95. The summed E-state index contributed by atoms with van der Waals surface area (Å²) in [5.41, 5.74) is 0.664. The van der Waals surface area contributed by atoms with E-state index in [-0.39, 0.29) is 12.2 Å². The van der Waals surface area contributed by atoms with Crippen LogP contribution in [0.4, 0.5) is 4.39 Å². The number of aromatic nitrogens is 1. The van der Waals surface area contributed by atoms with Crippen LogP contribution in [0.1, 0.15) is 16.1 Å². The molecule has 4 nitrogen and oxygen atoms in total. The number of benzene rings is 1. The molecule has 0 unspecified atom stereocenters. The predicted molar refractivity (Wildman–Crippen MR) is 73.4 cm³/mol. The predicted octanol–water partition coefficient (Wildman–Crippen LogP) is 2.81. The highest BCUT2D eigenvalue weighted by molar-refractivity contribution is 6.31. The number of amides is 1. The van der Waals surface area contributed by atoms with E-state index in [4.69, 9.17) is 16.3 Å². The van der Waals surface area contributed by atoms with E-state index >= 15 is 0 Å². The molecule has 0 spiro atoms. The average Bonchev–Trinajstić information content (AvgIpc) is 2.45. The molecule has 20 heavy (non-hydrogen) atoms. The number of methoxy groups -OCH3 is 1. The Bertz CT molecular complexity index is 634. The molecule has 1 aromatic heterocycles. The van der Waals surface area contributed by atoms with Gasteiger partial charge >= 0.3 is 0 Å². The summed E-state index contributed by atoms with van der Waals surface area (Å²) < 4.78 is 18.1. The van der Waals surface area contributed by atoms with Crippen LogP contribution in [0.3, 0.4) is 0 Å². The van der Waals surface area contributed by atoms with Crippen LogP contribution in [-0.4, -0.2) is 18.0 Å². The molecule has 0 radical (unpaired) electrons. The Hall–Kier alpha value is -2.14. The zero-order chi connectivity index (χ0) is 14.5. The molecule has 0 saturated carbocycles. The first-order chi connectivity index (χ1) is 9.61. The van der Waals surface area contributed by atoms with Gasteiger partial charge in [-0.15, -0.1) is 0 Å². The maximum absolute atomic E-state index is 12.9. The van der Waals surface area contributed by atoms with Crippen LogP contribution in [0.15, 0.2) is 36.4 Å². The van der Waals surface area contributed by atoms with Crippen LogP contribution in [0.2, 0.25) is 5.02 Å². The third-order valence-electron chi connectivity index (χ3n) is 2.67. The van der Waals surface area contributed by atoms with Crippen LogP contribution in [0.5, 0.6) is 5.75 Å². The van der Waals surface area contributed by atoms with E-state index in [1.807, 2.05) is 0 Å². The van der Waals surface area contributed by atoms with Crippen molar-refractivity contribution in [2.75, 3.05) is 7.11 Å². The van der Waals surface area contributed by atoms with Crippen molar-refractivity contribution in [2.24, 2.45) is 0 Å². The van der Waals surface area contributed by atoms with Crippen LogP contribution in [0, 0.1) is 5.95 Å². The molecule has 1 heterocycles. The molecule has 1 N–H and O–H groups in total. The molecule has 0 aliphatic carbocycles. The standard InChI is InChI=1S/C14H12ClFN2O2/c1-20-12-6-2-4-10(15)9(12)8-17-14(19)11-5-3-7-13(16)18-11/h2-7H,8H2,1H3,(H,17,19). The quantitative estimate of drug-likeness (QED) is 0.882. The molecule has 0 saturated heterocycles. The smallest absolute Gasteiger partial charge is 0.270 e. The lowest BCUT2D eigenvalue weighted by Crippen LogP contribution is -2.24. The van der Waals surface area contributed by atoms with Gasteiger partial charge in [0.25, 0.3) is 5.91 Å². The highest BCUT2D eigenvalue weighted by atomic mass is 35.5. The van der Waals surface area contributed by atoms with Gasteiger partial charge in [0.05, 0.1) is 7.11 Å². The van der Waals surface area contributed by atoms with E-state index < -0.39 is 11.9 Å². The van der Waals surface area contributed by atoms with Gasteiger partial charge in [-0.3, -0.25) is 4.79 Å². The molecule has 0 aliphatic heterocycles.